The Bertz CT molecular complexity index is 1160. The summed E-state index contributed by atoms with van der Waals surface area (Å²) in [5.41, 5.74) is 3.07. The minimum absolute atomic E-state index is 0.217. The van der Waals surface area contributed by atoms with Crippen molar-refractivity contribution >= 4 is 27.4 Å². The van der Waals surface area contributed by atoms with E-state index in [2.05, 4.69) is 11.1 Å². The molecule has 0 saturated carbocycles. The number of pyridine rings is 1. The molecule has 2 aromatic heterocycles. The average Bonchev–Trinajstić information content (AvgIpc) is 2.70. The molecule has 0 aliphatic carbocycles. The second-order valence-corrected chi connectivity index (χ2v) is 9.85. The third-order valence-corrected chi connectivity index (χ3v) is 5.91. The van der Waals surface area contributed by atoms with Crippen LogP contribution in [0.2, 0.25) is 0 Å². The summed E-state index contributed by atoms with van der Waals surface area (Å²) in [5.74, 6) is -0.251. The maximum atomic E-state index is 12.6. The SMILES string of the molecule is Cc1cc(C)c2sc(-c3cccc(CCCOCCC(=O)OC(C)(C)C)n3)nc(=O)c2c1. The summed E-state index contributed by atoms with van der Waals surface area (Å²) in [6, 6.07) is 9.75. The molecule has 3 aromatic rings. The van der Waals surface area contributed by atoms with Crippen LogP contribution < -0.4 is 5.56 Å². The number of hydrogen-bond donors (Lipinski definition) is 0. The molecule has 0 aliphatic rings. The van der Waals surface area contributed by atoms with Gasteiger partial charge in [0.15, 0.2) is 0 Å². The van der Waals surface area contributed by atoms with E-state index in [9.17, 15) is 9.59 Å². The van der Waals surface area contributed by atoms with Crippen molar-refractivity contribution < 1.29 is 14.3 Å². The fourth-order valence-corrected chi connectivity index (χ4v) is 4.39. The van der Waals surface area contributed by atoms with Gasteiger partial charge >= 0.3 is 5.97 Å². The van der Waals surface area contributed by atoms with E-state index in [0.717, 1.165) is 34.4 Å². The van der Waals surface area contributed by atoms with Crippen LogP contribution in [-0.2, 0) is 20.7 Å². The highest BCUT2D eigenvalue weighted by Crippen LogP contribution is 2.28. The van der Waals surface area contributed by atoms with Crippen molar-refractivity contribution in [2.45, 2.75) is 59.5 Å². The lowest BCUT2D eigenvalue weighted by molar-refractivity contribution is -0.156. The van der Waals surface area contributed by atoms with Gasteiger partial charge in [-0.25, -0.2) is 0 Å². The molecule has 2 heterocycles. The standard InChI is InChI=1S/C25H30N2O4S/c1-16-14-17(2)22-19(15-16)23(29)27-24(32-22)20-10-6-8-18(26-20)9-7-12-30-13-11-21(28)31-25(3,4)5/h6,8,10,14-15H,7,9,11-13H2,1-5H3. The third-order valence-electron chi connectivity index (χ3n) is 4.67. The van der Waals surface area contributed by atoms with Gasteiger partial charge in [-0.1, -0.05) is 12.1 Å². The molecule has 0 bridgehead atoms. The van der Waals surface area contributed by atoms with Crippen molar-refractivity contribution in [3.05, 3.63) is 57.5 Å². The zero-order valence-electron chi connectivity index (χ0n) is 19.4. The van der Waals surface area contributed by atoms with Gasteiger partial charge in [-0.05, 0) is 76.8 Å². The van der Waals surface area contributed by atoms with Crippen molar-refractivity contribution in [2.75, 3.05) is 13.2 Å². The lowest BCUT2D eigenvalue weighted by atomic mass is 10.1. The Hall–Kier alpha value is -2.64. The van der Waals surface area contributed by atoms with E-state index in [1.165, 1.54) is 11.3 Å². The Kier molecular flexibility index (Phi) is 7.74. The van der Waals surface area contributed by atoms with E-state index in [0.29, 0.717) is 29.3 Å². The van der Waals surface area contributed by atoms with E-state index in [4.69, 9.17) is 14.5 Å². The monoisotopic (exact) mass is 454 g/mol. The van der Waals surface area contributed by atoms with Crippen LogP contribution in [0.1, 0.15) is 50.4 Å². The summed E-state index contributed by atoms with van der Waals surface area (Å²) in [4.78, 5) is 33.3. The minimum atomic E-state index is -0.473. The lowest BCUT2D eigenvalue weighted by Crippen LogP contribution is -2.24. The Morgan fingerprint density at radius 2 is 1.88 bits per heavy atom. The van der Waals surface area contributed by atoms with Gasteiger partial charge in [0.1, 0.15) is 10.6 Å². The second kappa shape index (κ2) is 10.3. The van der Waals surface area contributed by atoms with Crippen LogP contribution in [0.15, 0.2) is 35.1 Å². The molecular weight excluding hydrogens is 424 g/mol. The van der Waals surface area contributed by atoms with Crippen LogP contribution in [0.4, 0.5) is 0 Å². The minimum Gasteiger partial charge on any atom is -0.460 e. The number of aromatic nitrogens is 2. The molecule has 0 spiro atoms. The van der Waals surface area contributed by atoms with E-state index in [-0.39, 0.29) is 17.9 Å². The molecule has 0 aliphatic heterocycles. The number of esters is 1. The normalized spacial score (nSPS) is 11.7. The maximum Gasteiger partial charge on any atom is 0.308 e. The number of ether oxygens (including phenoxy) is 2. The van der Waals surface area contributed by atoms with Crippen LogP contribution in [0.5, 0.6) is 0 Å². The van der Waals surface area contributed by atoms with Gasteiger partial charge in [-0.3, -0.25) is 14.6 Å². The first kappa shape index (κ1) is 24.0. The smallest absolute Gasteiger partial charge is 0.308 e. The molecule has 0 atom stereocenters. The average molecular weight is 455 g/mol. The molecule has 0 unspecified atom stereocenters. The van der Waals surface area contributed by atoms with E-state index in [1.807, 2.05) is 58.9 Å². The first-order valence-corrected chi connectivity index (χ1v) is 11.6. The Labute approximate surface area is 192 Å². The van der Waals surface area contributed by atoms with E-state index in [1.54, 1.807) is 0 Å². The largest absolute Gasteiger partial charge is 0.460 e. The predicted octanol–water partition coefficient (Wildman–Crippen LogP) is 5.02. The molecule has 7 heteroatoms. The number of fused-ring (bicyclic) bond motifs is 1. The fraction of sp³-hybridized carbons (Fsp3) is 0.440. The summed E-state index contributed by atoms with van der Waals surface area (Å²) < 4.78 is 11.8. The summed E-state index contributed by atoms with van der Waals surface area (Å²) in [7, 11) is 0. The van der Waals surface area contributed by atoms with Crippen LogP contribution in [-0.4, -0.2) is 34.8 Å². The number of aryl methyl sites for hydroxylation is 3. The number of carbonyl (C=O) groups is 1. The van der Waals surface area contributed by atoms with Crippen LogP contribution in [0, 0.1) is 13.8 Å². The quantitative estimate of drug-likeness (QED) is 0.351. The molecule has 170 valence electrons. The van der Waals surface area contributed by atoms with Gasteiger partial charge in [0.2, 0.25) is 0 Å². The highest BCUT2D eigenvalue weighted by molar-refractivity contribution is 7.21. The van der Waals surface area contributed by atoms with Crippen LogP contribution in [0.25, 0.3) is 20.8 Å². The maximum absolute atomic E-state index is 12.6. The van der Waals surface area contributed by atoms with Crippen LogP contribution in [0.3, 0.4) is 0 Å². The van der Waals surface area contributed by atoms with Gasteiger partial charge in [0, 0.05) is 17.0 Å². The Balaban J connectivity index is 1.58. The number of rotatable bonds is 8. The molecule has 6 nitrogen and oxygen atoms in total. The number of benzene rings is 1. The van der Waals surface area contributed by atoms with Crippen molar-refractivity contribution in [3.63, 3.8) is 0 Å². The first-order valence-electron chi connectivity index (χ1n) is 10.8. The Morgan fingerprint density at radius 3 is 2.62 bits per heavy atom. The number of nitrogens with zero attached hydrogens (tertiary/aromatic N) is 2. The van der Waals surface area contributed by atoms with Crippen molar-refractivity contribution in [1.29, 1.82) is 0 Å². The molecule has 32 heavy (non-hydrogen) atoms. The van der Waals surface area contributed by atoms with Gasteiger partial charge in [0.05, 0.1) is 24.1 Å². The van der Waals surface area contributed by atoms with Gasteiger partial charge in [-0.15, -0.1) is 11.3 Å². The van der Waals surface area contributed by atoms with Crippen LogP contribution >= 0.6 is 11.3 Å². The summed E-state index contributed by atoms with van der Waals surface area (Å²) >= 11 is 1.50. The zero-order chi connectivity index (χ0) is 23.3. The molecule has 1 aromatic carbocycles. The summed E-state index contributed by atoms with van der Waals surface area (Å²) in [6.45, 7) is 10.4. The number of carbonyl (C=O) groups excluding carboxylic acids is 1. The zero-order valence-corrected chi connectivity index (χ0v) is 20.2. The molecule has 0 amide bonds. The van der Waals surface area contributed by atoms with Crippen molar-refractivity contribution in [1.82, 2.24) is 9.97 Å². The second-order valence-electron chi connectivity index (χ2n) is 8.85. The lowest BCUT2D eigenvalue weighted by Gasteiger charge is -2.19. The number of hydrogen-bond acceptors (Lipinski definition) is 7. The van der Waals surface area contributed by atoms with Gasteiger partial charge in [0.25, 0.3) is 5.56 Å². The highest BCUT2D eigenvalue weighted by Gasteiger charge is 2.15. The first-order chi connectivity index (χ1) is 15.1. The van der Waals surface area contributed by atoms with E-state index >= 15 is 0 Å². The molecule has 0 fully saturated rings. The van der Waals surface area contributed by atoms with Crippen molar-refractivity contribution in [2.24, 2.45) is 0 Å². The van der Waals surface area contributed by atoms with Gasteiger partial charge in [-0.2, -0.15) is 4.98 Å². The molecule has 0 radical (unpaired) electrons. The Morgan fingerprint density at radius 1 is 1.09 bits per heavy atom. The van der Waals surface area contributed by atoms with Gasteiger partial charge < -0.3 is 9.47 Å². The molecule has 0 N–H and O–H groups in total. The summed E-state index contributed by atoms with van der Waals surface area (Å²) in [5, 5.41) is 1.29. The van der Waals surface area contributed by atoms with E-state index < -0.39 is 5.60 Å². The third kappa shape index (κ3) is 6.68. The highest BCUT2D eigenvalue weighted by atomic mass is 32.1. The van der Waals surface area contributed by atoms with Crippen molar-refractivity contribution in [3.8, 4) is 10.7 Å². The topological polar surface area (TPSA) is 78.4 Å². The predicted molar refractivity (Wildman–Crippen MR) is 128 cm³/mol. The molecular formula is C25H30N2O4S. The molecule has 0 saturated heterocycles. The fourth-order valence-electron chi connectivity index (χ4n) is 3.37. The summed E-state index contributed by atoms with van der Waals surface area (Å²) in [6.07, 6.45) is 1.77. The molecule has 3 rings (SSSR count).